The SMILES string of the molecule is O=C1CN(C(=O)c2ccc(=O)oc2)CCN1. The number of hydrogen-bond donors (Lipinski definition) is 1. The van der Waals surface area contributed by atoms with Crippen LogP contribution in [0.25, 0.3) is 0 Å². The maximum atomic E-state index is 11.8. The highest BCUT2D eigenvalue weighted by Gasteiger charge is 2.22. The Labute approximate surface area is 90.8 Å². The summed E-state index contributed by atoms with van der Waals surface area (Å²) in [5.41, 5.74) is -0.234. The Hall–Kier alpha value is -2.11. The summed E-state index contributed by atoms with van der Waals surface area (Å²) in [6, 6.07) is 2.57. The summed E-state index contributed by atoms with van der Waals surface area (Å²) in [6.07, 6.45) is 1.11. The molecule has 1 N–H and O–H groups in total. The summed E-state index contributed by atoms with van der Waals surface area (Å²) in [4.78, 5) is 35.1. The Morgan fingerprint density at radius 3 is 2.81 bits per heavy atom. The van der Waals surface area contributed by atoms with Gasteiger partial charge in [-0.15, -0.1) is 0 Å². The van der Waals surface area contributed by atoms with E-state index in [4.69, 9.17) is 0 Å². The average molecular weight is 222 g/mol. The van der Waals surface area contributed by atoms with Gasteiger partial charge in [0.05, 0.1) is 12.1 Å². The van der Waals surface area contributed by atoms with Gasteiger partial charge in [-0.1, -0.05) is 0 Å². The zero-order chi connectivity index (χ0) is 11.5. The van der Waals surface area contributed by atoms with Crippen molar-refractivity contribution < 1.29 is 14.0 Å². The van der Waals surface area contributed by atoms with E-state index in [1.807, 2.05) is 0 Å². The predicted octanol–water partition coefficient (Wildman–Crippen LogP) is -0.788. The first kappa shape index (κ1) is 10.4. The first-order valence-corrected chi connectivity index (χ1v) is 4.81. The van der Waals surface area contributed by atoms with Crippen molar-refractivity contribution in [2.45, 2.75) is 0 Å². The van der Waals surface area contributed by atoms with Crippen molar-refractivity contribution in [1.29, 1.82) is 0 Å². The highest BCUT2D eigenvalue weighted by molar-refractivity contribution is 5.96. The number of hydrogen-bond acceptors (Lipinski definition) is 4. The van der Waals surface area contributed by atoms with Crippen molar-refractivity contribution >= 4 is 11.8 Å². The molecule has 2 heterocycles. The number of nitrogens with one attached hydrogen (secondary N) is 1. The molecule has 1 aromatic heterocycles. The smallest absolute Gasteiger partial charge is 0.335 e. The molecule has 6 nitrogen and oxygen atoms in total. The summed E-state index contributed by atoms with van der Waals surface area (Å²) < 4.78 is 4.59. The second kappa shape index (κ2) is 4.18. The molecule has 0 spiro atoms. The maximum absolute atomic E-state index is 11.8. The molecule has 0 saturated carbocycles. The Morgan fingerprint density at radius 2 is 2.19 bits per heavy atom. The zero-order valence-electron chi connectivity index (χ0n) is 8.43. The van der Waals surface area contributed by atoms with Gasteiger partial charge < -0.3 is 14.6 Å². The number of nitrogens with zero attached hydrogens (tertiary/aromatic N) is 1. The van der Waals surface area contributed by atoms with Gasteiger partial charge in [0.15, 0.2) is 0 Å². The molecule has 2 rings (SSSR count). The summed E-state index contributed by atoms with van der Waals surface area (Å²) in [5, 5.41) is 2.62. The molecule has 0 atom stereocenters. The van der Waals surface area contributed by atoms with E-state index in [-0.39, 0.29) is 23.9 Å². The number of amides is 2. The molecule has 84 valence electrons. The van der Waals surface area contributed by atoms with Crippen LogP contribution in [0.2, 0.25) is 0 Å². The molecule has 0 aliphatic carbocycles. The van der Waals surface area contributed by atoms with Crippen LogP contribution in [0.4, 0.5) is 0 Å². The van der Waals surface area contributed by atoms with E-state index >= 15 is 0 Å². The van der Waals surface area contributed by atoms with Gasteiger partial charge in [0.25, 0.3) is 5.91 Å². The average Bonchev–Trinajstić information content (AvgIpc) is 2.29. The Bertz CT molecular complexity index is 459. The first-order chi connectivity index (χ1) is 7.66. The van der Waals surface area contributed by atoms with Crippen LogP contribution in [0.1, 0.15) is 10.4 Å². The summed E-state index contributed by atoms with van der Waals surface area (Å²) in [7, 11) is 0. The first-order valence-electron chi connectivity index (χ1n) is 4.81. The summed E-state index contributed by atoms with van der Waals surface area (Å²) in [6.45, 7) is 0.947. The van der Waals surface area contributed by atoms with E-state index in [1.165, 1.54) is 17.0 Å². The van der Waals surface area contributed by atoms with Crippen molar-refractivity contribution in [2.24, 2.45) is 0 Å². The minimum atomic E-state index is -0.507. The summed E-state index contributed by atoms with van der Waals surface area (Å²) >= 11 is 0. The van der Waals surface area contributed by atoms with E-state index in [0.29, 0.717) is 13.1 Å². The van der Waals surface area contributed by atoms with Gasteiger partial charge in [-0.2, -0.15) is 0 Å². The van der Waals surface area contributed by atoms with Gasteiger partial charge in [0.1, 0.15) is 6.26 Å². The van der Waals surface area contributed by atoms with E-state index in [1.54, 1.807) is 0 Å². The third-order valence-electron chi connectivity index (χ3n) is 2.27. The lowest BCUT2D eigenvalue weighted by atomic mass is 10.2. The van der Waals surface area contributed by atoms with Crippen molar-refractivity contribution in [3.8, 4) is 0 Å². The van der Waals surface area contributed by atoms with Gasteiger partial charge in [0.2, 0.25) is 5.91 Å². The number of carbonyl (C=O) groups is 2. The molecule has 1 fully saturated rings. The van der Waals surface area contributed by atoms with Crippen LogP contribution in [0, 0.1) is 0 Å². The molecule has 0 bridgehead atoms. The lowest BCUT2D eigenvalue weighted by molar-refractivity contribution is -0.123. The molecule has 1 aliphatic heterocycles. The third kappa shape index (κ3) is 2.10. The minimum absolute atomic E-state index is 0.0396. The van der Waals surface area contributed by atoms with Gasteiger partial charge in [-0.05, 0) is 6.07 Å². The lowest BCUT2D eigenvalue weighted by Gasteiger charge is -2.26. The molecule has 1 saturated heterocycles. The molecular formula is C10H10N2O4. The second-order valence-electron chi connectivity index (χ2n) is 3.42. The normalized spacial score (nSPS) is 15.8. The highest BCUT2D eigenvalue weighted by atomic mass is 16.4. The molecule has 1 aromatic rings. The highest BCUT2D eigenvalue weighted by Crippen LogP contribution is 2.04. The molecular weight excluding hydrogens is 212 g/mol. The van der Waals surface area contributed by atoms with Crippen LogP contribution >= 0.6 is 0 Å². The fourth-order valence-electron chi connectivity index (χ4n) is 1.47. The van der Waals surface area contributed by atoms with Crippen LogP contribution < -0.4 is 10.9 Å². The van der Waals surface area contributed by atoms with Crippen LogP contribution in [0.3, 0.4) is 0 Å². The Morgan fingerprint density at radius 1 is 1.38 bits per heavy atom. The minimum Gasteiger partial charge on any atom is -0.430 e. The molecule has 1 aliphatic rings. The molecule has 16 heavy (non-hydrogen) atoms. The largest absolute Gasteiger partial charge is 0.430 e. The molecule has 0 radical (unpaired) electrons. The van der Waals surface area contributed by atoms with E-state index < -0.39 is 5.63 Å². The van der Waals surface area contributed by atoms with Crippen LogP contribution in [0.15, 0.2) is 27.6 Å². The van der Waals surface area contributed by atoms with Crippen LogP contribution in [-0.4, -0.2) is 36.3 Å². The van der Waals surface area contributed by atoms with Crippen molar-refractivity contribution in [2.75, 3.05) is 19.6 Å². The number of rotatable bonds is 1. The van der Waals surface area contributed by atoms with Crippen molar-refractivity contribution in [3.63, 3.8) is 0 Å². The molecule has 0 aromatic carbocycles. The third-order valence-corrected chi connectivity index (χ3v) is 2.27. The number of carbonyl (C=O) groups excluding carboxylic acids is 2. The molecule has 2 amide bonds. The topological polar surface area (TPSA) is 79.6 Å². The monoisotopic (exact) mass is 222 g/mol. The second-order valence-corrected chi connectivity index (χ2v) is 3.42. The fourth-order valence-corrected chi connectivity index (χ4v) is 1.47. The molecule has 6 heteroatoms. The van der Waals surface area contributed by atoms with Crippen LogP contribution in [0.5, 0.6) is 0 Å². The lowest BCUT2D eigenvalue weighted by Crippen LogP contribution is -2.49. The van der Waals surface area contributed by atoms with Gasteiger partial charge in [-0.25, -0.2) is 4.79 Å². The van der Waals surface area contributed by atoms with Crippen molar-refractivity contribution in [3.05, 3.63) is 34.4 Å². The van der Waals surface area contributed by atoms with Crippen molar-refractivity contribution in [1.82, 2.24) is 10.2 Å². The predicted molar refractivity (Wildman–Crippen MR) is 53.9 cm³/mol. The Balaban J connectivity index is 2.15. The number of piperazine rings is 1. The summed E-state index contributed by atoms with van der Waals surface area (Å²) in [5.74, 6) is -0.490. The Kier molecular flexibility index (Phi) is 2.72. The van der Waals surface area contributed by atoms with E-state index in [0.717, 1.165) is 6.26 Å². The van der Waals surface area contributed by atoms with Gasteiger partial charge in [-0.3, -0.25) is 9.59 Å². The standard InChI is InChI=1S/C10H10N2O4/c13-8-5-12(4-3-11-8)10(15)7-1-2-9(14)16-6-7/h1-2,6H,3-5H2,(H,11,13). The zero-order valence-corrected chi connectivity index (χ0v) is 8.43. The quantitative estimate of drug-likeness (QED) is 0.675. The maximum Gasteiger partial charge on any atom is 0.335 e. The fraction of sp³-hybridized carbons (Fsp3) is 0.300. The van der Waals surface area contributed by atoms with E-state index in [2.05, 4.69) is 9.73 Å². The van der Waals surface area contributed by atoms with E-state index in [9.17, 15) is 14.4 Å². The van der Waals surface area contributed by atoms with Crippen LogP contribution in [-0.2, 0) is 4.79 Å². The van der Waals surface area contributed by atoms with Gasteiger partial charge in [0, 0.05) is 19.2 Å². The van der Waals surface area contributed by atoms with Gasteiger partial charge >= 0.3 is 5.63 Å². The molecule has 0 unspecified atom stereocenters.